The first kappa shape index (κ1) is 8.06. The summed E-state index contributed by atoms with van der Waals surface area (Å²) in [5.41, 5.74) is 3.23. The van der Waals surface area contributed by atoms with Crippen molar-refractivity contribution in [3.63, 3.8) is 0 Å². The fourth-order valence-electron chi connectivity index (χ4n) is 1.69. The van der Waals surface area contributed by atoms with Crippen LogP contribution in [0.2, 0.25) is 0 Å². The van der Waals surface area contributed by atoms with Gasteiger partial charge < -0.3 is 4.74 Å². The molecule has 0 aromatic rings. The maximum absolute atomic E-state index is 5.19. The number of hydrogen-bond donors (Lipinski definition) is 0. The summed E-state index contributed by atoms with van der Waals surface area (Å²) in [4.78, 5) is 0. The van der Waals surface area contributed by atoms with Crippen molar-refractivity contribution in [3.05, 3.63) is 23.3 Å². The van der Waals surface area contributed by atoms with Crippen molar-refractivity contribution >= 4 is 0 Å². The van der Waals surface area contributed by atoms with Crippen LogP contribution in [0.3, 0.4) is 0 Å². The lowest BCUT2D eigenvalue weighted by atomic mass is 9.94. The van der Waals surface area contributed by atoms with Gasteiger partial charge in [-0.3, -0.25) is 0 Å². The third-order valence-corrected chi connectivity index (χ3v) is 2.73. The summed E-state index contributed by atoms with van der Waals surface area (Å²) in [6, 6.07) is 0. The number of rotatable bonds is 3. The van der Waals surface area contributed by atoms with E-state index in [0.29, 0.717) is 6.10 Å². The molecule has 1 aliphatic carbocycles. The van der Waals surface area contributed by atoms with Crippen LogP contribution in [0.1, 0.15) is 32.6 Å². The van der Waals surface area contributed by atoms with Crippen molar-refractivity contribution in [1.82, 2.24) is 0 Å². The summed E-state index contributed by atoms with van der Waals surface area (Å²) in [7, 11) is 0. The van der Waals surface area contributed by atoms with Gasteiger partial charge in [0.05, 0.1) is 12.7 Å². The molecule has 0 aromatic carbocycles. The minimum Gasteiger partial charge on any atom is -0.373 e. The zero-order valence-corrected chi connectivity index (χ0v) is 7.68. The van der Waals surface area contributed by atoms with Crippen LogP contribution < -0.4 is 0 Å². The Hall–Kier alpha value is -0.560. The topological polar surface area (TPSA) is 12.5 Å². The van der Waals surface area contributed by atoms with Crippen molar-refractivity contribution in [2.75, 3.05) is 6.61 Å². The first-order valence-electron chi connectivity index (χ1n) is 4.80. The van der Waals surface area contributed by atoms with E-state index in [1.807, 2.05) is 0 Å². The third kappa shape index (κ3) is 1.98. The predicted octanol–water partition coefficient (Wildman–Crippen LogP) is 2.83. The smallest absolute Gasteiger partial charge is 0.0813 e. The van der Waals surface area contributed by atoms with E-state index in [4.69, 9.17) is 4.74 Å². The highest BCUT2D eigenvalue weighted by molar-refractivity contribution is 5.22. The number of epoxide rings is 1. The number of ether oxygens (including phenoxy) is 1. The van der Waals surface area contributed by atoms with Crippen LogP contribution in [-0.4, -0.2) is 12.7 Å². The summed E-state index contributed by atoms with van der Waals surface area (Å²) < 4.78 is 5.19. The molecule has 0 spiro atoms. The summed E-state index contributed by atoms with van der Waals surface area (Å²) in [6.45, 7) is 3.26. The van der Waals surface area contributed by atoms with Crippen molar-refractivity contribution in [3.8, 4) is 0 Å². The molecule has 1 heterocycles. The number of allylic oxidation sites excluding steroid dienone is 4. The SMILES string of the molecule is CC1=C(CCC2CO2)CC=CC1. The van der Waals surface area contributed by atoms with Gasteiger partial charge in [-0.2, -0.15) is 0 Å². The first-order valence-corrected chi connectivity index (χ1v) is 4.80. The molecule has 0 N–H and O–H groups in total. The molecule has 0 aromatic heterocycles. The Labute approximate surface area is 74.1 Å². The Bertz CT molecular complexity index is 221. The van der Waals surface area contributed by atoms with Crippen LogP contribution in [0.15, 0.2) is 23.3 Å². The fourth-order valence-corrected chi connectivity index (χ4v) is 1.69. The van der Waals surface area contributed by atoms with Crippen LogP contribution in [-0.2, 0) is 4.74 Å². The normalized spacial score (nSPS) is 27.9. The van der Waals surface area contributed by atoms with E-state index in [1.165, 1.54) is 25.7 Å². The molecule has 0 amide bonds. The van der Waals surface area contributed by atoms with E-state index < -0.39 is 0 Å². The average Bonchev–Trinajstić information content (AvgIpc) is 2.86. The second kappa shape index (κ2) is 3.44. The van der Waals surface area contributed by atoms with Crippen LogP contribution >= 0.6 is 0 Å². The van der Waals surface area contributed by atoms with Gasteiger partial charge in [-0.05, 0) is 32.6 Å². The van der Waals surface area contributed by atoms with Gasteiger partial charge in [0.15, 0.2) is 0 Å². The predicted molar refractivity (Wildman–Crippen MR) is 50.0 cm³/mol. The monoisotopic (exact) mass is 164 g/mol. The van der Waals surface area contributed by atoms with Crippen molar-refractivity contribution in [1.29, 1.82) is 0 Å². The lowest BCUT2D eigenvalue weighted by Crippen LogP contribution is -1.95. The lowest BCUT2D eigenvalue weighted by molar-refractivity contribution is 0.396. The average molecular weight is 164 g/mol. The highest BCUT2D eigenvalue weighted by Crippen LogP contribution is 2.26. The molecule has 1 atom stereocenters. The van der Waals surface area contributed by atoms with E-state index in [1.54, 1.807) is 11.1 Å². The summed E-state index contributed by atoms with van der Waals surface area (Å²) >= 11 is 0. The van der Waals surface area contributed by atoms with E-state index in [9.17, 15) is 0 Å². The Morgan fingerprint density at radius 1 is 1.42 bits per heavy atom. The molecule has 1 aliphatic heterocycles. The van der Waals surface area contributed by atoms with Gasteiger partial charge in [0.2, 0.25) is 0 Å². The molecular weight excluding hydrogens is 148 g/mol. The second-order valence-corrected chi connectivity index (χ2v) is 3.76. The molecule has 1 unspecified atom stereocenters. The van der Waals surface area contributed by atoms with Gasteiger partial charge in [0.1, 0.15) is 0 Å². The zero-order valence-electron chi connectivity index (χ0n) is 7.68. The Morgan fingerprint density at radius 3 is 2.83 bits per heavy atom. The largest absolute Gasteiger partial charge is 0.373 e. The zero-order chi connectivity index (χ0) is 8.39. The minimum atomic E-state index is 0.594. The van der Waals surface area contributed by atoms with E-state index >= 15 is 0 Å². The van der Waals surface area contributed by atoms with Crippen LogP contribution in [0, 0.1) is 0 Å². The molecule has 0 radical (unpaired) electrons. The Balaban J connectivity index is 1.83. The van der Waals surface area contributed by atoms with Crippen LogP contribution in [0.4, 0.5) is 0 Å². The molecule has 12 heavy (non-hydrogen) atoms. The van der Waals surface area contributed by atoms with Gasteiger partial charge in [-0.15, -0.1) is 0 Å². The van der Waals surface area contributed by atoms with Gasteiger partial charge in [-0.25, -0.2) is 0 Å². The Kier molecular flexibility index (Phi) is 2.31. The molecule has 0 saturated carbocycles. The van der Waals surface area contributed by atoms with Crippen molar-refractivity contribution in [2.45, 2.75) is 38.7 Å². The highest BCUT2D eigenvalue weighted by Gasteiger charge is 2.22. The quantitative estimate of drug-likeness (QED) is 0.461. The highest BCUT2D eigenvalue weighted by atomic mass is 16.6. The van der Waals surface area contributed by atoms with Crippen LogP contribution in [0.5, 0.6) is 0 Å². The third-order valence-electron chi connectivity index (χ3n) is 2.73. The fraction of sp³-hybridized carbons (Fsp3) is 0.636. The molecular formula is C11H16O. The molecule has 1 heteroatoms. The molecule has 1 saturated heterocycles. The maximum atomic E-state index is 5.19. The van der Waals surface area contributed by atoms with Crippen LogP contribution in [0.25, 0.3) is 0 Å². The molecule has 1 nitrogen and oxygen atoms in total. The second-order valence-electron chi connectivity index (χ2n) is 3.76. The van der Waals surface area contributed by atoms with E-state index in [2.05, 4.69) is 19.1 Å². The summed E-state index contributed by atoms with van der Waals surface area (Å²) in [5.74, 6) is 0. The molecule has 0 bridgehead atoms. The Morgan fingerprint density at radius 2 is 2.17 bits per heavy atom. The summed E-state index contributed by atoms with van der Waals surface area (Å²) in [6.07, 6.45) is 9.99. The van der Waals surface area contributed by atoms with Crippen molar-refractivity contribution in [2.24, 2.45) is 0 Å². The number of hydrogen-bond acceptors (Lipinski definition) is 1. The van der Waals surface area contributed by atoms with Crippen molar-refractivity contribution < 1.29 is 4.74 Å². The molecule has 2 aliphatic rings. The molecule has 1 fully saturated rings. The van der Waals surface area contributed by atoms with E-state index in [-0.39, 0.29) is 0 Å². The van der Waals surface area contributed by atoms with Gasteiger partial charge in [0.25, 0.3) is 0 Å². The first-order chi connectivity index (χ1) is 5.86. The van der Waals surface area contributed by atoms with Gasteiger partial charge >= 0.3 is 0 Å². The molecule has 2 rings (SSSR count). The van der Waals surface area contributed by atoms with Gasteiger partial charge in [-0.1, -0.05) is 23.3 Å². The van der Waals surface area contributed by atoms with Gasteiger partial charge in [0, 0.05) is 0 Å². The van der Waals surface area contributed by atoms with E-state index in [0.717, 1.165) is 6.61 Å². The summed E-state index contributed by atoms with van der Waals surface area (Å²) in [5, 5.41) is 0. The lowest BCUT2D eigenvalue weighted by Gasteiger charge is -2.12. The maximum Gasteiger partial charge on any atom is 0.0813 e. The minimum absolute atomic E-state index is 0.594. The standard InChI is InChI=1S/C11H16O/c1-9-4-2-3-5-10(9)6-7-11-8-12-11/h2-3,11H,4-8H2,1H3. The molecule has 66 valence electrons.